The van der Waals surface area contributed by atoms with Crippen LogP contribution in [0.5, 0.6) is 0 Å². The van der Waals surface area contributed by atoms with Crippen LogP contribution in [0.25, 0.3) is 0 Å². The summed E-state index contributed by atoms with van der Waals surface area (Å²) in [5.74, 6) is 0.107. The van der Waals surface area contributed by atoms with Gasteiger partial charge in [0.05, 0.1) is 19.6 Å². The van der Waals surface area contributed by atoms with Gasteiger partial charge >= 0.3 is 5.97 Å². The average molecular weight is 394 g/mol. The minimum absolute atomic E-state index is 0.0288. The number of hydrogen-bond acceptors (Lipinski definition) is 5. The van der Waals surface area contributed by atoms with Crippen LogP contribution in [0.1, 0.15) is 11.6 Å². The van der Waals surface area contributed by atoms with Crippen molar-refractivity contribution in [2.45, 2.75) is 26.1 Å². The molecule has 2 N–H and O–H groups in total. The van der Waals surface area contributed by atoms with Crippen LogP contribution >= 0.6 is 15.9 Å². The number of nitrogens with zero attached hydrogens (tertiary/aromatic N) is 4. The van der Waals surface area contributed by atoms with Crippen molar-refractivity contribution in [2.75, 3.05) is 11.9 Å². The number of aromatic nitrogens is 3. The Kier molecular flexibility index (Phi) is 4.63. The largest absolute Gasteiger partial charge is 0.480 e. The van der Waals surface area contributed by atoms with Gasteiger partial charge in [0.2, 0.25) is 5.91 Å². The third-order valence-electron chi connectivity index (χ3n) is 3.91. The van der Waals surface area contributed by atoms with Crippen LogP contribution in [-0.2, 0) is 22.7 Å². The van der Waals surface area contributed by atoms with Gasteiger partial charge in [-0.2, -0.15) is 0 Å². The summed E-state index contributed by atoms with van der Waals surface area (Å²) in [5, 5.41) is 20.2. The molecular weight excluding hydrogens is 378 g/mol. The van der Waals surface area contributed by atoms with E-state index in [1.807, 2.05) is 12.1 Å². The Morgan fingerprint density at radius 2 is 2.04 bits per heavy atom. The Morgan fingerprint density at radius 1 is 1.33 bits per heavy atom. The average Bonchev–Trinajstić information content (AvgIpc) is 2.89. The standard InChI is InChI=1S/C15H16BrN5O3/c1-9-18-19-13-7-20(12(15(23)24)6-21(9)13)8-14(22)17-11-4-2-10(16)3-5-11/h2-5,12H,6-8H2,1H3,(H,17,22)(H,23,24). The van der Waals surface area contributed by atoms with E-state index in [0.717, 1.165) is 4.47 Å². The fourth-order valence-electron chi connectivity index (χ4n) is 2.68. The SMILES string of the molecule is Cc1nnc2n1CC(C(=O)O)N(CC(=O)Nc1ccc(Br)cc1)C2. The van der Waals surface area contributed by atoms with E-state index >= 15 is 0 Å². The number of amides is 1. The summed E-state index contributed by atoms with van der Waals surface area (Å²) in [7, 11) is 0. The van der Waals surface area contributed by atoms with Crippen molar-refractivity contribution in [3.63, 3.8) is 0 Å². The summed E-state index contributed by atoms with van der Waals surface area (Å²) >= 11 is 3.33. The molecule has 0 spiro atoms. The molecule has 126 valence electrons. The maximum atomic E-state index is 12.3. The Hall–Kier alpha value is -2.26. The maximum absolute atomic E-state index is 12.3. The highest BCUT2D eigenvalue weighted by atomic mass is 79.9. The van der Waals surface area contributed by atoms with Crippen molar-refractivity contribution in [1.82, 2.24) is 19.7 Å². The van der Waals surface area contributed by atoms with Crippen LogP contribution in [0.15, 0.2) is 28.7 Å². The normalized spacial score (nSPS) is 17.3. The van der Waals surface area contributed by atoms with Crippen molar-refractivity contribution in [1.29, 1.82) is 0 Å². The predicted octanol–water partition coefficient (Wildman–Crippen LogP) is 1.26. The first-order chi connectivity index (χ1) is 11.4. The van der Waals surface area contributed by atoms with Gasteiger partial charge in [0, 0.05) is 10.2 Å². The molecule has 8 nitrogen and oxygen atoms in total. The summed E-state index contributed by atoms with van der Waals surface area (Å²) in [6.45, 7) is 2.25. The summed E-state index contributed by atoms with van der Waals surface area (Å²) in [4.78, 5) is 25.4. The third-order valence-corrected chi connectivity index (χ3v) is 4.44. The number of carbonyl (C=O) groups excluding carboxylic acids is 1. The molecule has 0 bridgehead atoms. The highest BCUT2D eigenvalue weighted by molar-refractivity contribution is 9.10. The fraction of sp³-hybridized carbons (Fsp3) is 0.333. The molecule has 0 saturated carbocycles. The number of carboxylic acid groups (broad SMARTS) is 1. The van der Waals surface area contributed by atoms with E-state index in [2.05, 4.69) is 31.4 Å². The molecule has 1 atom stereocenters. The van der Waals surface area contributed by atoms with Gasteiger partial charge in [-0.3, -0.25) is 14.5 Å². The smallest absolute Gasteiger partial charge is 0.322 e. The predicted molar refractivity (Wildman–Crippen MR) is 89.4 cm³/mol. The van der Waals surface area contributed by atoms with Crippen LogP contribution in [0.2, 0.25) is 0 Å². The monoisotopic (exact) mass is 393 g/mol. The van der Waals surface area contributed by atoms with Crippen molar-refractivity contribution in [3.8, 4) is 0 Å². The van der Waals surface area contributed by atoms with Crippen molar-refractivity contribution in [3.05, 3.63) is 40.4 Å². The Bertz CT molecular complexity index is 774. The Labute approximate surface area is 146 Å². The summed E-state index contributed by atoms with van der Waals surface area (Å²) in [5.41, 5.74) is 0.658. The fourth-order valence-corrected chi connectivity index (χ4v) is 2.94. The van der Waals surface area contributed by atoms with E-state index in [1.54, 1.807) is 28.5 Å². The molecule has 1 aliphatic heterocycles. The maximum Gasteiger partial charge on any atom is 0.322 e. The van der Waals surface area contributed by atoms with E-state index in [-0.39, 0.29) is 25.5 Å². The van der Waals surface area contributed by atoms with Crippen LogP contribution in [0, 0.1) is 6.92 Å². The first-order valence-corrected chi connectivity index (χ1v) is 8.14. The lowest BCUT2D eigenvalue weighted by Crippen LogP contribution is -2.50. The highest BCUT2D eigenvalue weighted by Gasteiger charge is 2.34. The van der Waals surface area contributed by atoms with E-state index < -0.39 is 12.0 Å². The van der Waals surface area contributed by atoms with Crippen LogP contribution in [0.3, 0.4) is 0 Å². The minimum Gasteiger partial charge on any atom is -0.480 e. The van der Waals surface area contributed by atoms with E-state index in [4.69, 9.17) is 0 Å². The number of carboxylic acids is 1. The van der Waals surface area contributed by atoms with Gasteiger partial charge in [0.15, 0.2) is 0 Å². The molecule has 1 unspecified atom stereocenters. The number of nitrogens with one attached hydrogen (secondary N) is 1. The quantitative estimate of drug-likeness (QED) is 0.810. The molecule has 0 aliphatic carbocycles. The zero-order valence-corrected chi connectivity index (χ0v) is 14.5. The molecule has 2 aromatic rings. The number of fused-ring (bicyclic) bond motifs is 1. The molecule has 24 heavy (non-hydrogen) atoms. The number of hydrogen-bond donors (Lipinski definition) is 2. The van der Waals surface area contributed by atoms with Gasteiger partial charge in [0.25, 0.3) is 0 Å². The second-order valence-electron chi connectivity index (χ2n) is 5.59. The molecule has 1 aliphatic rings. The first kappa shape index (κ1) is 16.6. The number of benzene rings is 1. The Balaban J connectivity index is 1.71. The molecule has 1 aromatic carbocycles. The highest BCUT2D eigenvalue weighted by Crippen LogP contribution is 2.18. The van der Waals surface area contributed by atoms with Crippen LogP contribution in [0.4, 0.5) is 5.69 Å². The lowest BCUT2D eigenvalue weighted by atomic mass is 10.2. The molecule has 1 aromatic heterocycles. The van der Waals surface area contributed by atoms with Crippen LogP contribution in [-0.4, -0.2) is 49.2 Å². The number of carbonyl (C=O) groups is 2. The number of aryl methyl sites for hydroxylation is 1. The minimum atomic E-state index is -0.967. The number of aliphatic carboxylic acids is 1. The molecule has 0 radical (unpaired) electrons. The van der Waals surface area contributed by atoms with Gasteiger partial charge in [-0.25, -0.2) is 0 Å². The molecule has 3 rings (SSSR count). The van der Waals surface area contributed by atoms with Gasteiger partial charge in [0.1, 0.15) is 17.7 Å². The van der Waals surface area contributed by atoms with Crippen molar-refractivity contribution in [2.24, 2.45) is 0 Å². The summed E-state index contributed by atoms with van der Waals surface area (Å²) in [6.07, 6.45) is 0. The molecule has 1 amide bonds. The second-order valence-corrected chi connectivity index (χ2v) is 6.50. The van der Waals surface area contributed by atoms with Gasteiger partial charge in [-0.1, -0.05) is 15.9 Å². The van der Waals surface area contributed by atoms with E-state index in [1.165, 1.54) is 0 Å². The lowest BCUT2D eigenvalue weighted by molar-refractivity contribution is -0.145. The molecule has 0 fully saturated rings. The van der Waals surface area contributed by atoms with Gasteiger partial charge in [-0.05, 0) is 31.2 Å². The zero-order valence-electron chi connectivity index (χ0n) is 12.9. The van der Waals surface area contributed by atoms with E-state index in [9.17, 15) is 14.7 Å². The van der Waals surface area contributed by atoms with E-state index in [0.29, 0.717) is 17.3 Å². The molecule has 9 heteroatoms. The molecular formula is C15H16BrN5O3. The summed E-state index contributed by atoms with van der Waals surface area (Å²) < 4.78 is 2.69. The number of halogens is 1. The number of anilines is 1. The zero-order chi connectivity index (χ0) is 17.3. The second kappa shape index (κ2) is 6.70. The van der Waals surface area contributed by atoms with Gasteiger partial charge in [-0.15, -0.1) is 10.2 Å². The van der Waals surface area contributed by atoms with Crippen molar-refractivity contribution >= 4 is 33.5 Å². The molecule has 2 heterocycles. The lowest BCUT2D eigenvalue weighted by Gasteiger charge is -2.32. The topological polar surface area (TPSA) is 100 Å². The summed E-state index contributed by atoms with van der Waals surface area (Å²) in [6, 6.07) is 6.39. The first-order valence-electron chi connectivity index (χ1n) is 7.35. The number of rotatable bonds is 4. The van der Waals surface area contributed by atoms with Gasteiger partial charge < -0.3 is 15.0 Å². The Morgan fingerprint density at radius 3 is 2.71 bits per heavy atom. The molecule has 0 saturated heterocycles. The van der Waals surface area contributed by atoms with Crippen molar-refractivity contribution < 1.29 is 14.7 Å². The third kappa shape index (κ3) is 3.46. The van der Waals surface area contributed by atoms with Crippen LogP contribution < -0.4 is 5.32 Å².